The number of halogens is 1. The molecule has 1 aliphatic heterocycles. The van der Waals surface area contributed by atoms with Crippen LogP contribution in [0, 0.1) is 5.82 Å². The van der Waals surface area contributed by atoms with E-state index < -0.39 is 23.4 Å². The molecule has 0 atom stereocenters. The Morgan fingerprint density at radius 1 is 1.12 bits per heavy atom. The fraction of sp³-hybridized carbons (Fsp3) is 0.300. The van der Waals surface area contributed by atoms with Gasteiger partial charge in [0.2, 0.25) is 0 Å². The number of benzene rings is 2. The summed E-state index contributed by atoms with van der Waals surface area (Å²) in [6.07, 6.45) is 0.163. The van der Waals surface area contributed by atoms with Crippen molar-refractivity contribution in [2.45, 2.75) is 32.8 Å². The van der Waals surface area contributed by atoms with Crippen LogP contribution in [0.25, 0.3) is 0 Å². The first-order valence-electron chi connectivity index (χ1n) is 8.44. The zero-order valence-electron chi connectivity index (χ0n) is 15.0. The largest absolute Gasteiger partial charge is 0.443 e. The minimum Gasteiger partial charge on any atom is -0.443 e. The van der Waals surface area contributed by atoms with Crippen molar-refractivity contribution in [2.75, 3.05) is 16.8 Å². The molecule has 1 aliphatic rings. The van der Waals surface area contributed by atoms with Crippen molar-refractivity contribution >= 4 is 23.4 Å². The molecule has 1 heterocycles. The van der Waals surface area contributed by atoms with Gasteiger partial charge < -0.3 is 10.1 Å². The molecule has 6 heteroatoms. The van der Waals surface area contributed by atoms with Crippen LogP contribution in [0.15, 0.2) is 42.5 Å². The van der Waals surface area contributed by atoms with E-state index in [4.69, 9.17) is 4.74 Å². The predicted molar refractivity (Wildman–Crippen MR) is 98.1 cm³/mol. The maximum absolute atomic E-state index is 13.8. The topological polar surface area (TPSA) is 58.6 Å². The van der Waals surface area contributed by atoms with Gasteiger partial charge in [-0.2, -0.15) is 0 Å². The van der Waals surface area contributed by atoms with Crippen LogP contribution in [-0.2, 0) is 11.2 Å². The van der Waals surface area contributed by atoms with Crippen LogP contribution >= 0.6 is 0 Å². The monoisotopic (exact) mass is 356 g/mol. The quantitative estimate of drug-likeness (QED) is 0.869. The van der Waals surface area contributed by atoms with Gasteiger partial charge in [0.25, 0.3) is 5.91 Å². The molecule has 136 valence electrons. The van der Waals surface area contributed by atoms with Crippen LogP contribution in [0.2, 0.25) is 0 Å². The Labute approximate surface area is 151 Å². The number of nitrogens with zero attached hydrogens (tertiary/aromatic N) is 1. The molecular weight excluding hydrogens is 335 g/mol. The van der Waals surface area contributed by atoms with Crippen molar-refractivity contribution in [2.24, 2.45) is 0 Å². The summed E-state index contributed by atoms with van der Waals surface area (Å²) in [5.74, 6) is -1.10. The molecule has 0 saturated heterocycles. The highest BCUT2D eigenvalue weighted by atomic mass is 19.1. The summed E-state index contributed by atoms with van der Waals surface area (Å²) >= 11 is 0. The van der Waals surface area contributed by atoms with Crippen molar-refractivity contribution in [3.05, 3.63) is 59.4 Å². The summed E-state index contributed by atoms with van der Waals surface area (Å²) in [6, 6.07) is 11.1. The van der Waals surface area contributed by atoms with Crippen LogP contribution in [-0.4, -0.2) is 24.1 Å². The van der Waals surface area contributed by atoms with Gasteiger partial charge in [-0.1, -0.05) is 18.2 Å². The summed E-state index contributed by atoms with van der Waals surface area (Å²) < 4.78 is 19.2. The van der Waals surface area contributed by atoms with E-state index in [-0.39, 0.29) is 5.56 Å². The average molecular weight is 356 g/mol. The fourth-order valence-electron chi connectivity index (χ4n) is 2.89. The Morgan fingerprint density at radius 2 is 1.85 bits per heavy atom. The Morgan fingerprint density at radius 3 is 2.54 bits per heavy atom. The highest BCUT2D eigenvalue weighted by Gasteiger charge is 2.30. The van der Waals surface area contributed by atoms with Crippen LogP contribution in [0.4, 0.5) is 20.6 Å². The third-order valence-corrected chi connectivity index (χ3v) is 4.01. The molecule has 0 spiro atoms. The number of hydrogen-bond acceptors (Lipinski definition) is 3. The van der Waals surface area contributed by atoms with Gasteiger partial charge in [-0.3, -0.25) is 9.69 Å². The van der Waals surface area contributed by atoms with Crippen molar-refractivity contribution in [1.82, 2.24) is 0 Å². The second kappa shape index (κ2) is 6.78. The van der Waals surface area contributed by atoms with Gasteiger partial charge >= 0.3 is 6.09 Å². The van der Waals surface area contributed by atoms with E-state index in [2.05, 4.69) is 5.32 Å². The van der Waals surface area contributed by atoms with E-state index >= 15 is 0 Å². The van der Waals surface area contributed by atoms with Crippen molar-refractivity contribution in [1.29, 1.82) is 0 Å². The molecule has 0 unspecified atom stereocenters. The molecule has 0 fully saturated rings. The van der Waals surface area contributed by atoms with Crippen LogP contribution in [0.3, 0.4) is 0 Å². The van der Waals surface area contributed by atoms with Gasteiger partial charge in [-0.25, -0.2) is 9.18 Å². The minimum atomic E-state index is -0.587. The molecule has 26 heavy (non-hydrogen) atoms. The van der Waals surface area contributed by atoms with Crippen LogP contribution < -0.4 is 10.2 Å². The molecule has 1 N–H and O–H groups in total. The van der Waals surface area contributed by atoms with Gasteiger partial charge in [0.05, 0.1) is 11.3 Å². The highest BCUT2D eigenvalue weighted by molar-refractivity contribution is 6.05. The third kappa shape index (κ3) is 3.69. The maximum atomic E-state index is 13.8. The van der Waals surface area contributed by atoms with E-state index in [0.717, 1.165) is 5.56 Å². The zero-order valence-corrected chi connectivity index (χ0v) is 15.0. The Bertz CT molecular complexity index is 858. The highest BCUT2D eigenvalue weighted by Crippen LogP contribution is 2.34. The number of carbonyl (C=O) groups excluding carboxylic acids is 2. The van der Waals surface area contributed by atoms with Crippen LogP contribution in [0.5, 0.6) is 0 Å². The summed E-state index contributed by atoms with van der Waals surface area (Å²) in [6.45, 7) is 5.91. The standard InChI is InChI=1S/C20H21FN2O3/c1-20(2,3)26-19(25)23-12-11-14-16(9-6-10-17(14)23)22-18(24)13-7-4-5-8-15(13)21/h4-10H,11-12H2,1-3H3,(H,22,24). The van der Waals surface area contributed by atoms with Crippen molar-refractivity contribution in [3.63, 3.8) is 0 Å². The molecule has 5 nitrogen and oxygen atoms in total. The van der Waals surface area contributed by atoms with Gasteiger partial charge in [-0.15, -0.1) is 0 Å². The molecule has 0 aliphatic carbocycles. The lowest BCUT2D eigenvalue weighted by Crippen LogP contribution is -2.35. The Hall–Kier alpha value is -2.89. The van der Waals surface area contributed by atoms with E-state index in [1.165, 1.54) is 18.2 Å². The molecule has 0 saturated carbocycles. The molecule has 2 aromatic rings. The predicted octanol–water partition coefficient (Wildman–Crippen LogP) is 4.38. The molecule has 3 rings (SSSR count). The van der Waals surface area contributed by atoms with Gasteiger partial charge in [-0.05, 0) is 51.5 Å². The smallest absolute Gasteiger partial charge is 0.414 e. The molecule has 0 aromatic heterocycles. The molecule has 2 aromatic carbocycles. The number of nitrogens with one attached hydrogen (secondary N) is 1. The number of fused-ring (bicyclic) bond motifs is 1. The van der Waals surface area contributed by atoms with Gasteiger partial charge in [0, 0.05) is 17.8 Å². The lowest BCUT2D eigenvalue weighted by Gasteiger charge is -2.24. The second-order valence-corrected chi connectivity index (χ2v) is 7.12. The first-order valence-corrected chi connectivity index (χ1v) is 8.44. The first kappa shape index (κ1) is 17.9. The summed E-state index contributed by atoms with van der Waals surface area (Å²) in [4.78, 5) is 26.3. The Kier molecular flexibility index (Phi) is 4.68. The van der Waals surface area contributed by atoms with Crippen molar-refractivity contribution < 1.29 is 18.7 Å². The number of ether oxygens (including phenoxy) is 1. The minimum absolute atomic E-state index is 0.0212. The van der Waals surface area contributed by atoms with Crippen molar-refractivity contribution in [3.8, 4) is 0 Å². The molecular formula is C20H21FN2O3. The molecule has 0 radical (unpaired) electrons. The van der Waals surface area contributed by atoms with E-state index in [0.29, 0.717) is 24.3 Å². The van der Waals surface area contributed by atoms with Gasteiger partial charge in [0.1, 0.15) is 11.4 Å². The second-order valence-electron chi connectivity index (χ2n) is 7.12. The number of carbonyl (C=O) groups is 2. The lowest BCUT2D eigenvalue weighted by molar-refractivity contribution is 0.0584. The summed E-state index contributed by atoms with van der Waals surface area (Å²) in [7, 11) is 0. The SMILES string of the molecule is CC(C)(C)OC(=O)N1CCc2c(NC(=O)c3ccccc3F)cccc21. The zero-order chi connectivity index (χ0) is 18.9. The number of anilines is 2. The third-order valence-electron chi connectivity index (χ3n) is 4.01. The number of amides is 2. The normalized spacial score (nSPS) is 13.3. The summed E-state index contributed by atoms with van der Waals surface area (Å²) in [5, 5.41) is 2.75. The summed E-state index contributed by atoms with van der Waals surface area (Å²) in [5.41, 5.74) is 1.50. The maximum Gasteiger partial charge on any atom is 0.414 e. The number of hydrogen-bond donors (Lipinski definition) is 1. The molecule has 0 bridgehead atoms. The fourth-order valence-corrected chi connectivity index (χ4v) is 2.89. The Balaban J connectivity index is 1.83. The van der Waals surface area contributed by atoms with E-state index in [1.54, 1.807) is 23.1 Å². The first-order chi connectivity index (χ1) is 12.3. The van der Waals surface area contributed by atoms with Crippen LogP contribution in [0.1, 0.15) is 36.7 Å². The average Bonchev–Trinajstić information content (AvgIpc) is 2.99. The van der Waals surface area contributed by atoms with E-state index in [1.807, 2.05) is 26.8 Å². The van der Waals surface area contributed by atoms with Gasteiger partial charge in [0.15, 0.2) is 0 Å². The lowest BCUT2D eigenvalue weighted by atomic mass is 10.1. The van der Waals surface area contributed by atoms with E-state index in [9.17, 15) is 14.0 Å². The molecule has 2 amide bonds. The number of rotatable bonds is 2.